The van der Waals surface area contributed by atoms with Crippen molar-refractivity contribution in [2.75, 3.05) is 13.2 Å². The highest BCUT2D eigenvalue weighted by atomic mass is 16.5. The lowest BCUT2D eigenvalue weighted by Crippen LogP contribution is -2.28. The summed E-state index contributed by atoms with van der Waals surface area (Å²) < 4.78 is 6.65. The summed E-state index contributed by atoms with van der Waals surface area (Å²) in [5.74, 6) is -1.23. The predicted octanol–water partition coefficient (Wildman–Crippen LogP) is 2.30. The van der Waals surface area contributed by atoms with Crippen LogP contribution < -0.4 is 10.6 Å². The van der Waals surface area contributed by atoms with E-state index in [2.05, 4.69) is 45.2 Å². The highest BCUT2D eigenvalue weighted by molar-refractivity contribution is 5.79. The first kappa shape index (κ1) is 23.0. The number of carboxylic acids is 1. The van der Waals surface area contributed by atoms with E-state index in [1.54, 1.807) is 0 Å². The highest BCUT2D eigenvalue weighted by Crippen LogP contribution is 2.44. The van der Waals surface area contributed by atoms with Gasteiger partial charge in [0.05, 0.1) is 12.7 Å². The second-order valence-electron chi connectivity index (χ2n) is 7.93. The van der Waals surface area contributed by atoms with E-state index in [0.29, 0.717) is 18.7 Å². The Hall–Kier alpha value is -4.21. The van der Waals surface area contributed by atoms with Crippen LogP contribution in [0, 0.1) is 0 Å². The van der Waals surface area contributed by atoms with Crippen LogP contribution in [0.2, 0.25) is 0 Å². The average molecular weight is 463 g/mol. The topological polar surface area (TPSA) is 135 Å². The lowest BCUT2D eigenvalue weighted by molar-refractivity contribution is -0.138. The van der Waals surface area contributed by atoms with Crippen LogP contribution in [0.4, 0.5) is 4.79 Å². The Kier molecular flexibility index (Phi) is 7.16. The third-order valence-electron chi connectivity index (χ3n) is 5.54. The number of amides is 2. The number of carbonyl (C=O) groups excluding carboxylic acids is 2. The third kappa shape index (κ3) is 5.58. The summed E-state index contributed by atoms with van der Waals surface area (Å²) in [6.07, 6.45) is 1.61. The zero-order valence-electron chi connectivity index (χ0n) is 18.4. The van der Waals surface area contributed by atoms with Gasteiger partial charge in [-0.15, -0.1) is 5.10 Å². The molecule has 0 spiro atoms. The zero-order chi connectivity index (χ0) is 23.9. The molecule has 10 nitrogen and oxygen atoms in total. The van der Waals surface area contributed by atoms with E-state index in [-0.39, 0.29) is 37.9 Å². The number of carboxylic acid groups (broad SMARTS) is 1. The molecule has 1 heterocycles. The van der Waals surface area contributed by atoms with Gasteiger partial charge in [-0.1, -0.05) is 53.7 Å². The van der Waals surface area contributed by atoms with Crippen LogP contribution in [0.5, 0.6) is 0 Å². The SMILES string of the molecule is O=C(O)Cn1cc(CNC(=O)CCCNC(=O)OCC2c3ccccc3-c3ccccc32)nn1. The Bertz CT molecular complexity index is 1150. The van der Waals surface area contributed by atoms with Crippen LogP contribution in [0.1, 0.15) is 35.6 Å². The number of hydrogen-bond acceptors (Lipinski definition) is 6. The van der Waals surface area contributed by atoms with E-state index < -0.39 is 12.1 Å². The van der Waals surface area contributed by atoms with Gasteiger partial charge >= 0.3 is 12.1 Å². The fourth-order valence-corrected chi connectivity index (χ4v) is 4.00. The minimum absolute atomic E-state index is 0.00242. The van der Waals surface area contributed by atoms with Gasteiger partial charge in [-0.3, -0.25) is 9.59 Å². The summed E-state index contributed by atoms with van der Waals surface area (Å²) in [5.41, 5.74) is 5.10. The normalized spacial score (nSPS) is 12.0. The molecule has 0 saturated carbocycles. The van der Waals surface area contributed by atoms with E-state index in [9.17, 15) is 14.4 Å². The number of fused-ring (bicyclic) bond motifs is 3. The molecule has 0 radical (unpaired) electrons. The minimum Gasteiger partial charge on any atom is -0.480 e. The Balaban J connectivity index is 1.15. The van der Waals surface area contributed by atoms with Crippen molar-refractivity contribution in [1.29, 1.82) is 0 Å². The van der Waals surface area contributed by atoms with Crippen LogP contribution in [-0.2, 0) is 27.4 Å². The van der Waals surface area contributed by atoms with Gasteiger partial charge in [0.2, 0.25) is 5.91 Å². The molecule has 0 saturated heterocycles. The maximum absolute atomic E-state index is 12.2. The number of aliphatic carboxylic acids is 1. The highest BCUT2D eigenvalue weighted by Gasteiger charge is 2.28. The number of aromatic nitrogens is 3. The molecule has 1 aromatic heterocycles. The van der Waals surface area contributed by atoms with E-state index >= 15 is 0 Å². The number of alkyl carbamates (subject to hydrolysis) is 1. The van der Waals surface area contributed by atoms with Crippen molar-refractivity contribution in [2.24, 2.45) is 0 Å². The molecule has 0 aliphatic heterocycles. The molecule has 3 aromatic rings. The second kappa shape index (κ2) is 10.6. The van der Waals surface area contributed by atoms with Gasteiger partial charge < -0.3 is 20.5 Å². The van der Waals surface area contributed by atoms with E-state index in [4.69, 9.17) is 9.84 Å². The van der Waals surface area contributed by atoms with Crippen molar-refractivity contribution in [3.63, 3.8) is 0 Å². The molecule has 34 heavy (non-hydrogen) atoms. The van der Waals surface area contributed by atoms with Gasteiger partial charge in [0.15, 0.2) is 0 Å². The first-order chi connectivity index (χ1) is 16.5. The van der Waals surface area contributed by atoms with Crippen LogP contribution in [0.15, 0.2) is 54.7 Å². The van der Waals surface area contributed by atoms with Gasteiger partial charge in [0, 0.05) is 18.9 Å². The number of benzene rings is 2. The van der Waals surface area contributed by atoms with Crippen molar-refractivity contribution in [3.8, 4) is 11.1 Å². The number of rotatable bonds is 10. The van der Waals surface area contributed by atoms with Crippen LogP contribution in [0.25, 0.3) is 11.1 Å². The maximum atomic E-state index is 12.2. The van der Waals surface area contributed by atoms with Crippen molar-refractivity contribution < 1.29 is 24.2 Å². The molecule has 4 rings (SSSR count). The number of ether oxygens (including phenoxy) is 1. The third-order valence-corrected chi connectivity index (χ3v) is 5.54. The first-order valence-electron chi connectivity index (χ1n) is 11.0. The van der Waals surface area contributed by atoms with E-state index in [1.807, 2.05) is 24.3 Å². The number of nitrogens with one attached hydrogen (secondary N) is 2. The largest absolute Gasteiger partial charge is 0.480 e. The first-order valence-corrected chi connectivity index (χ1v) is 11.0. The Morgan fingerprint density at radius 3 is 2.35 bits per heavy atom. The van der Waals surface area contributed by atoms with Gasteiger partial charge in [0.1, 0.15) is 18.8 Å². The smallest absolute Gasteiger partial charge is 0.407 e. The molecule has 3 N–H and O–H groups in total. The van der Waals surface area contributed by atoms with Gasteiger partial charge in [-0.2, -0.15) is 0 Å². The molecular formula is C24H25N5O5. The Labute approximate surface area is 195 Å². The molecule has 0 fully saturated rings. The summed E-state index contributed by atoms with van der Waals surface area (Å²) in [4.78, 5) is 34.8. The van der Waals surface area contributed by atoms with Crippen LogP contribution >= 0.6 is 0 Å². The molecule has 1 aliphatic carbocycles. The molecular weight excluding hydrogens is 438 g/mol. The van der Waals surface area contributed by atoms with Crippen LogP contribution in [0.3, 0.4) is 0 Å². The zero-order valence-corrected chi connectivity index (χ0v) is 18.4. The Morgan fingerprint density at radius 1 is 1.00 bits per heavy atom. The maximum Gasteiger partial charge on any atom is 0.407 e. The van der Waals surface area contributed by atoms with Gasteiger partial charge in [-0.05, 0) is 28.7 Å². The quantitative estimate of drug-likeness (QED) is 0.393. The van der Waals surface area contributed by atoms with Crippen LogP contribution in [-0.4, -0.2) is 51.2 Å². The van der Waals surface area contributed by atoms with Crippen molar-refractivity contribution in [1.82, 2.24) is 25.6 Å². The monoisotopic (exact) mass is 463 g/mol. The fourth-order valence-electron chi connectivity index (χ4n) is 4.00. The summed E-state index contributed by atoms with van der Waals surface area (Å²) in [7, 11) is 0. The van der Waals surface area contributed by atoms with Crippen molar-refractivity contribution in [2.45, 2.75) is 31.8 Å². The number of carbonyl (C=O) groups is 3. The molecule has 10 heteroatoms. The second-order valence-corrected chi connectivity index (χ2v) is 7.93. The molecule has 1 aliphatic rings. The molecule has 0 unspecified atom stereocenters. The van der Waals surface area contributed by atoms with Gasteiger partial charge in [-0.25, -0.2) is 9.48 Å². The molecule has 176 valence electrons. The summed E-state index contributed by atoms with van der Waals surface area (Å²) >= 11 is 0. The molecule has 0 bridgehead atoms. The van der Waals surface area contributed by atoms with Crippen molar-refractivity contribution >= 4 is 18.0 Å². The molecule has 2 aromatic carbocycles. The fraction of sp³-hybridized carbons (Fsp3) is 0.292. The standard InChI is InChI=1S/C24H25N5O5/c30-22(26-12-16-13-29(28-27-16)14-23(31)32)10-5-11-25-24(33)34-15-21-19-8-3-1-6-17(19)18-7-2-4-9-20(18)21/h1-4,6-9,13,21H,5,10-12,14-15H2,(H,25,33)(H,26,30)(H,31,32). The minimum atomic E-state index is -1.02. The Morgan fingerprint density at radius 2 is 1.68 bits per heavy atom. The average Bonchev–Trinajstić information content (AvgIpc) is 3.41. The van der Waals surface area contributed by atoms with E-state index in [1.165, 1.54) is 22.0 Å². The van der Waals surface area contributed by atoms with E-state index in [0.717, 1.165) is 11.1 Å². The summed E-state index contributed by atoms with van der Waals surface area (Å²) in [5, 5.41) is 21.6. The summed E-state index contributed by atoms with van der Waals surface area (Å²) in [6, 6.07) is 16.3. The molecule has 0 atom stereocenters. The lowest BCUT2D eigenvalue weighted by atomic mass is 9.98. The number of hydrogen-bond donors (Lipinski definition) is 3. The molecule has 2 amide bonds. The lowest BCUT2D eigenvalue weighted by Gasteiger charge is -2.14. The van der Waals surface area contributed by atoms with Crippen molar-refractivity contribution in [3.05, 3.63) is 71.5 Å². The van der Waals surface area contributed by atoms with Gasteiger partial charge in [0.25, 0.3) is 0 Å². The number of nitrogens with zero attached hydrogens (tertiary/aromatic N) is 3. The summed E-state index contributed by atoms with van der Waals surface area (Å²) in [6.45, 7) is 0.405. The predicted molar refractivity (Wildman–Crippen MR) is 122 cm³/mol.